The molecule has 1 N–H and O–H groups in total. The van der Waals surface area contributed by atoms with E-state index >= 15 is 0 Å². The van der Waals surface area contributed by atoms with Crippen LogP contribution in [0.5, 0.6) is 0 Å². The van der Waals surface area contributed by atoms with E-state index in [1.165, 1.54) is 0 Å². The van der Waals surface area contributed by atoms with Crippen LogP contribution in [0, 0.1) is 11.8 Å². The summed E-state index contributed by atoms with van der Waals surface area (Å²) in [5.41, 5.74) is 0. The fourth-order valence-corrected chi connectivity index (χ4v) is 1.45. The molecule has 0 saturated carbocycles. The summed E-state index contributed by atoms with van der Waals surface area (Å²) in [6.07, 6.45) is 1.26. The van der Waals surface area contributed by atoms with Crippen molar-refractivity contribution in [2.45, 2.75) is 53.2 Å². The van der Waals surface area contributed by atoms with Crippen molar-refractivity contribution in [3.8, 4) is 0 Å². The SMILES string of the molecule is C=C(OCC(C)C(C)NC)C(C)CCOC(C)C. The monoisotopic (exact) mass is 257 g/mol. The molecule has 0 aliphatic heterocycles. The van der Waals surface area contributed by atoms with E-state index < -0.39 is 0 Å². The van der Waals surface area contributed by atoms with Gasteiger partial charge in [-0.15, -0.1) is 0 Å². The highest BCUT2D eigenvalue weighted by Gasteiger charge is 2.13. The van der Waals surface area contributed by atoms with Gasteiger partial charge in [-0.1, -0.05) is 20.4 Å². The summed E-state index contributed by atoms with van der Waals surface area (Å²) in [7, 11) is 1.97. The second kappa shape index (κ2) is 9.40. The summed E-state index contributed by atoms with van der Waals surface area (Å²) in [4.78, 5) is 0. The molecule has 0 radical (unpaired) electrons. The Morgan fingerprint density at radius 2 is 1.78 bits per heavy atom. The Morgan fingerprint density at radius 1 is 1.17 bits per heavy atom. The van der Waals surface area contributed by atoms with E-state index in [1.807, 2.05) is 7.05 Å². The van der Waals surface area contributed by atoms with E-state index in [2.05, 4.69) is 46.5 Å². The lowest BCUT2D eigenvalue weighted by molar-refractivity contribution is 0.0631. The zero-order valence-electron chi connectivity index (χ0n) is 13.0. The van der Waals surface area contributed by atoms with E-state index in [0.29, 0.717) is 24.0 Å². The predicted molar refractivity (Wildman–Crippen MR) is 77.6 cm³/mol. The van der Waals surface area contributed by atoms with Gasteiger partial charge in [0.1, 0.15) is 0 Å². The van der Waals surface area contributed by atoms with Crippen molar-refractivity contribution in [3.63, 3.8) is 0 Å². The van der Waals surface area contributed by atoms with Crippen molar-refractivity contribution in [2.75, 3.05) is 20.3 Å². The Labute approximate surface area is 113 Å². The molecule has 108 valence electrons. The van der Waals surface area contributed by atoms with E-state index in [9.17, 15) is 0 Å². The van der Waals surface area contributed by atoms with Gasteiger partial charge in [0.2, 0.25) is 0 Å². The average Bonchev–Trinajstić information content (AvgIpc) is 2.33. The minimum absolute atomic E-state index is 0.294. The van der Waals surface area contributed by atoms with Crippen LogP contribution in [0.15, 0.2) is 12.3 Å². The van der Waals surface area contributed by atoms with E-state index in [1.54, 1.807) is 0 Å². The molecule has 0 heterocycles. The zero-order valence-corrected chi connectivity index (χ0v) is 13.0. The van der Waals surface area contributed by atoms with E-state index in [-0.39, 0.29) is 0 Å². The first-order chi connectivity index (χ1) is 8.38. The molecule has 0 spiro atoms. The highest BCUT2D eigenvalue weighted by molar-refractivity contribution is 4.89. The van der Waals surface area contributed by atoms with Gasteiger partial charge in [0.05, 0.1) is 18.5 Å². The lowest BCUT2D eigenvalue weighted by Crippen LogP contribution is -2.31. The van der Waals surface area contributed by atoms with Crippen LogP contribution in [0.1, 0.15) is 41.0 Å². The number of rotatable bonds is 10. The maximum atomic E-state index is 5.76. The van der Waals surface area contributed by atoms with Crippen LogP contribution in [0.3, 0.4) is 0 Å². The zero-order chi connectivity index (χ0) is 14.1. The van der Waals surface area contributed by atoms with Crippen LogP contribution in [0.4, 0.5) is 0 Å². The van der Waals surface area contributed by atoms with Gasteiger partial charge in [-0.05, 0) is 34.2 Å². The van der Waals surface area contributed by atoms with Crippen LogP contribution in [-0.4, -0.2) is 32.4 Å². The highest BCUT2D eigenvalue weighted by Crippen LogP contribution is 2.16. The van der Waals surface area contributed by atoms with Crippen molar-refractivity contribution in [1.82, 2.24) is 5.32 Å². The molecule has 18 heavy (non-hydrogen) atoms. The van der Waals surface area contributed by atoms with Crippen LogP contribution < -0.4 is 5.32 Å². The topological polar surface area (TPSA) is 30.5 Å². The van der Waals surface area contributed by atoms with Crippen LogP contribution >= 0.6 is 0 Å². The fraction of sp³-hybridized carbons (Fsp3) is 0.867. The molecule has 3 unspecified atom stereocenters. The lowest BCUT2D eigenvalue weighted by Gasteiger charge is -2.22. The summed E-state index contributed by atoms with van der Waals surface area (Å²) in [5.74, 6) is 1.70. The Bertz CT molecular complexity index is 229. The molecule has 0 aliphatic rings. The molecule has 0 rings (SSSR count). The Kier molecular flexibility index (Phi) is 9.12. The number of hydrogen-bond acceptors (Lipinski definition) is 3. The molecule has 0 bridgehead atoms. The average molecular weight is 257 g/mol. The van der Waals surface area contributed by atoms with Gasteiger partial charge in [-0.25, -0.2) is 0 Å². The number of ether oxygens (including phenoxy) is 2. The van der Waals surface area contributed by atoms with E-state index in [0.717, 1.165) is 25.4 Å². The molecule has 0 amide bonds. The minimum atomic E-state index is 0.294. The summed E-state index contributed by atoms with van der Waals surface area (Å²) in [6.45, 7) is 16.1. The third-order valence-electron chi connectivity index (χ3n) is 3.39. The van der Waals surface area contributed by atoms with Gasteiger partial charge >= 0.3 is 0 Å². The molecule has 3 atom stereocenters. The van der Waals surface area contributed by atoms with Crippen molar-refractivity contribution in [1.29, 1.82) is 0 Å². The van der Waals surface area contributed by atoms with Gasteiger partial charge in [0, 0.05) is 24.5 Å². The van der Waals surface area contributed by atoms with Crippen LogP contribution in [-0.2, 0) is 9.47 Å². The molecule has 0 aromatic rings. The minimum Gasteiger partial charge on any atom is -0.498 e. The smallest absolute Gasteiger partial charge is 0.0917 e. The van der Waals surface area contributed by atoms with Crippen LogP contribution in [0.25, 0.3) is 0 Å². The normalized spacial score (nSPS) is 16.4. The molecule has 0 fully saturated rings. The number of nitrogens with one attached hydrogen (secondary N) is 1. The standard InChI is InChI=1S/C15H31NO2/c1-11(2)17-9-8-12(3)15(6)18-10-13(4)14(5)16-7/h11-14,16H,6,8-10H2,1-5,7H3. The maximum absolute atomic E-state index is 5.76. The molecule has 3 heteroatoms. The first kappa shape index (κ1) is 17.5. The molecule has 3 nitrogen and oxygen atoms in total. The van der Waals surface area contributed by atoms with Crippen molar-refractivity contribution >= 4 is 0 Å². The highest BCUT2D eigenvalue weighted by atomic mass is 16.5. The quantitative estimate of drug-likeness (QED) is 0.610. The lowest BCUT2D eigenvalue weighted by atomic mass is 10.0. The van der Waals surface area contributed by atoms with Crippen molar-refractivity contribution in [2.24, 2.45) is 11.8 Å². The van der Waals surface area contributed by atoms with Gasteiger partial charge in [-0.3, -0.25) is 0 Å². The van der Waals surface area contributed by atoms with Gasteiger partial charge < -0.3 is 14.8 Å². The number of hydrogen-bond donors (Lipinski definition) is 1. The Morgan fingerprint density at radius 3 is 2.28 bits per heavy atom. The third-order valence-corrected chi connectivity index (χ3v) is 3.39. The second-order valence-electron chi connectivity index (χ2n) is 5.44. The van der Waals surface area contributed by atoms with Crippen molar-refractivity contribution in [3.05, 3.63) is 12.3 Å². The molecule has 0 saturated heterocycles. The molecular formula is C15H31NO2. The predicted octanol–water partition coefficient (Wildman–Crippen LogP) is 3.21. The summed E-state index contributed by atoms with van der Waals surface area (Å²) in [5, 5.41) is 3.23. The first-order valence-electron chi connectivity index (χ1n) is 6.98. The first-order valence-corrected chi connectivity index (χ1v) is 6.98. The largest absolute Gasteiger partial charge is 0.498 e. The van der Waals surface area contributed by atoms with Gasteiger partial charge in [0.25, 0.3) is 0 Å². The summed E-state index contributed by atoms with van der Waals surface area (Å²) >= 11 is 0. The summed E-state index contributed by atoms with van der Waals surface area (Å²) < 4.78 is 11.3. The molecule has 0 aliphatic carbocycles. The van der Waals surface area contributed by atoms with Gasteiger partial charge in [0.15, 0.2) is 0 Å². The summed E-state index contributed by atoms with van der Waals surface area (Å²) in [6, 6.07) is 0.456. The maximum Gasteiger partial charge on any atom is 0.0917 e. The van der Waals surface area contributed by atoms with Gasteiger partial charge in [-0.2, -0.15) is 0 Å². The van der Waals surface area contributed by atoms with E-state index in [4.69, 9.17) is 9.47 Å². The van der Waals surface area contributed by atoms with Crippen LogP contribution in [0.2, 0.25) is 0 Å². The molecular weight excluding hydrogens is 226 g/mol. The second-order valence-corrected chi connectivity index (χ2v) is 5.44. The van der Waals surface area contributed by atoms with Crippen molar-refractivity contribution < 1.29 is 9.47 Å². The third kappa shape index (κ3) is 7.72. The fourth-order valence-electron chi connectivity index (χ4n) is 1.45. The Balaban J connectivity index is 3.80. The number of allylic oxidation sites excluding steroid dienone is 1. The molecule has 0 aromatic carbocycles. The molecule has 0 aromatic heterocycles. The Hall–Kier alpha value is -0.540.